The molecule has 644 valence electrons. The van der Waals surface area contributed by atoms with Crippen molar-refractivity contribution in [1.29, 1.82) is 0 Å². The molecule has 10 nitrogen and oxygen atoms in total. The lowest BCUT2D eigenvalue weighted by atomic mass is 10.1. The molecule has 0 fully saturated rings. The van der Waals surface area contributed by atoms with Gasteiger partial charge in [0.1, 0.15) is 55.8 Å². The number of thiophene rings is 2. The van der Waals surface area contributed by atoms with Crippen molar-refractivity contribution in [1.82, 2.24) is 22.8 Å². The van der Waals surface area contributed by atoms with E-state index in [1.54, 1.807) is 0 Å². The Morgan fingerprint density at radius 1 is 0.130 bits per heavy atom. The van der Waals surface area contributed by atoms with Gasteiger partial charge in [0.05, 0.1) is 60.9 Å². The van der Waals surface area contributed by atoms with Gasteiger partial charge in [-0.25, -0.2) is 0 Å². The highest BCUT2D eigenvalue weighted by Crippen LogP contribution is 2.49. The summed E-state index contributed by atoms with van der Waals surface area (Å²) in [6.45, 7) is 0. The van der Waals surface area contributed by atoms with Gasteiger partial charge in [-0.2, -0.15) is 0 Å². The van der Waals surface area contributed by atoms with E-state index in [0.29, 0.717) is 0 Å². The van der Waals surface area contributed by atoms with E-state index >= 15 is 0 Å². The Hall–Kier alpha value is -17.9. The number of hydrogen-bond acceptors (Lipinski definition) is 7. The number of benzene rings is 21. The number of para-hydroxylation sites is 11. The van der Waals surface area contributed by atoms with Crippen LogP contribution < -0.4 is 0 Å². The SMILES string of the molecule is c1ccc(-n2c3ccccc3c3c(-n4c5ccccc5c5cc6oc7ccccc7c6cc54)cccc32)cc1.c1ccc2c(c1)oc1cc(-n3c4ccccc4c4cc5oc6ccccc6c5cc43)ccc12.c1ccc2c(c1)oc1cc3c4ccccc4n(-c4ccc5c(c4)sc4ccccc45)c3cc12.c1ccc2c(c1)oc1cc3c4ccccc4n(-c4ccc5sc6ccccc6c5c4)c3cc12. The third-order valence-corrected chi connectivity index (χ3v) is 30.8. The molecular formula is C126H73N5O5S2. The van der Waals surface area contributed by atoms with Crippen molar-refractivity contribution in [2.75, 3.05) is 0 Å². The van der Waals surface area contributed by atoms with Crippen LogP contribution in [0.4, 0.5) is 0 Å². The molecule has 0 radical (unpaired) electrons. The monoisotopic (exact) mass is 1800 g/mol. The van der Waals surface area contributed by atoms with Crippen LogP contribution in [0.1, 0.15) is 0 Å². The molecule has 0 aliphatic carbocycles. The first-order valence-electron chi connectivity index (χ1n) is 46.6. The van der Waals surface area contributed by atoms with E-state index in [2.05, 4.69) is 405 Å². The number of furan rings is 5. The molecule has 0 amide bonds. The Morgan fingerprint density at radius 2 is 0.413 bits per heavy atom. The highest BCUT2D eigenvalue weighted by atomic mass is 32.1. The van der Waals surface area contributed by atoms with E-state index in [4.69, 9.17) is 22.1 Å². The normalized spacial score (nSPS) is 12.2. The maximum atomic E-state index is 6.29. The fraction of sp³-hybridized carbons (Fsp3) is 0. The number of hydrogen-bond donors (Lipinski definition) is 0. The zero-order chi connectivity index (χ0) is 90.1. The van der Waals surface area contributed by atoms with Crippen molar-refractivity contribution in [2.45, 2.75) is 0 Å². The lowest BCUT2D eigenvalue weighted by molar-refractivity contribution is 0.668. The summed E-state index contributed by atoms with van der Waals surface area (Å²) in [6, 6.07) is 158. The van der Waals surface area contributed by atoms with Crippen molar-refractivity contribution in [3.63, 3.8) is 0 Å². The Balaban J connectivity index is 0.0000000871. The van der Waals surface area contributed by atoms with Crippen molar-refractivity contribution in [3.8, 4) is 28.4 Å². The lowest BCUT2D eigenvalue weighted by Gasteiger charge is -2.11. The second kappa shape index (κ2) is 29.8. The molecule has 0 bridgehead atoms. The first-order chi connectivity index (χ1) is 68.4. The van der Waals surface area contributed by atoms with Gasteiger partial charge in [-0.3, -0.25) is 0 Å². The molecular weight excluding hydrogens is 1730 g/mol. The second-order valence-electron chi connectivity index (χ2n) is 36.0. The smallest absolute Gasteiger partial charge is 0.137 e. The van der Waals surface area contributed by atoms with Crippen molar-refractivity contribution in [2.24, 2.45) is 0 Å². The zero-order valence-electron chi connectivity index (χ0n) is 73.7. The van der Waals surface area contributed by atoms with E-state index in [-0.39, 0.29) is 0 Å². The predicted molar refractivity (Wildman–Crippen MR) is 580 cm³/mol. The minimum atomic E-state index is 0.898. The van der Waals surface area contributed by atoms with Crippen LogP contribution in [0.15, 0.2) is 465 Å². The molecule has 33 rings (SSSR count). The molecule has 33 aromatic rings. The third-order valence-electron chi connectivity index (χ3n) is 28.5. The largest absolute Gasteiger partial charge is 0.456 e. The van der Waals surface area contributed by atoms with Crippen LogP contribution in [0.3, 0.4) is 0 Å². The molecule has 0 spiro atoms. The van der Waals surface area contributed by atoms with Crippen molar-refractivity contribution < 1.29 is 22.1 Å². The predicted octanol–water partition coefficient (Wildman–Crippen LogP) is 36.5. The molecule has 0 N–H and O–H groups in total. The maximum Gasteiger partial charge on any atom is 0.137 e. The van der Waals surface area contributed by atoms with Gasteiger partial charge in [0.2, 0.25) is 0 Å². The second-order valence-corrected chi connectivity index (χ2v) is 38.1. The van der Waals surface area contributed by atoms with Crippen LogP contribution in [0.25, 0.3) is 288 Å². The summed E-state index contributed by atoms with van der Waals surface area (Å²) in [4.78, 5) is 0. The first kappa shape index (κ1) is 76.6. The average molecular weight is 1800 g/mol. The third kappa shape index (κ3) is 11.5. The van der Waals surface area contributed by atoms with Gasteiger partial charge in [-0.05, 0) is 188 Å². The number of aromatic nitrogens is 5. The minimum Gasteiger partial charge on any atom is -0.456 e. The Bertz CT molecular complexity index is 10700. The quantitative estimate of drug-likeness (QED) is 0.171. The van der Waals surface area contributed by atoms with Crippen LogP contribution >= 0.6 is 22.7 Å². The molecule has 12 heterocycles. The summed E-state index contributed by atoms with van der Waals surface area (Å²) in [5, 5.41) is 29.0. The van der Waals surface area contributed by atoms with Gasteiger partial charge in [-0.15, -0.1) is 22.7 Å². The summed E-state index contributed by atoms with van der Waals surface area (Å²) in [6.07, 6.45) is 0. The molecule has 0 aliphatic heterocycles. The molecule has 0 aliphatic rings. The fourth-order valence-corrected chi connectivity index (χ4v) is 24.7. The minimum absolute atomic E-state index is 0.898. The lowest BCUT2D eigenvalue weighted by Crippen LogP contribution is -1.96. The molecule has 138 heavy (non-hydrogen) atoms. The van der Waals surface area contributed by atoms with Crippen LogP contribution in [0.2, 0.25) is 0 Å². The number of fused-ring (bicyclic) bond motifs is 36. The van der Waals surface area contributed by atoms with Crippen LogP contribution in [0.5, 0.6) is 0 Å². The average Bonchev–Trinajstić information content (AvgIpc) is 1.58. The number of nitrogens with zero attached hydrogens (tertiary/aromatic N) is 5. The van der Waals surface area contributed by atoms with Crippen LogP contribution in [0, 0.1) is 0 Å². The van der Waals surface area contributed by atoms with Crippen LogP contribution in [-0.2, 0) is 0 Å². The molecule has 12 heteroatoms. The topological polar surface area (TPSA) is 90.3 Å². The van der Waals surface area contributed by atoms with E-state index in [9.17, 15) is 0 Å². The molecule has 0 saturated carbocycles. The molecule has 0 saturated heterocycles. The maximum absolute atomic E-state index is 6.29. The van der Waals surface area contributed by atoms with E-state index in [1.165, 1.54) is 161 Å². The standard InChI is InChI=1S/C36H22N2O.C30H17NO2.2C30H17NOS/c1-2-11-23(12-3-1)37-30-17-8-5-15-26(30)36-31(37)18-10-19-32(36)38-29-16-7-4-13-24(29)27-22-35-28(21-33(27)38)25-14-6-9-20-34(25)39-35;1-4-10-25-19(7-1)23-17-30-24(21-9-3-6-12-28(21)33-30)16-26(23)31(25)18-13-14-22-20-8-2-5-11-27(20)32-29(22)15-18;1-4-10-25-19(7-1)22-17-28-23(20-8-2-5-11-27(20)32-28)16-26(22)31(25)18-13-14-30-24(15-18)21-9-3-6-12-29(21)33-30;1-4-10-25-19(7-1)23-17-28-24(20-8-2-5-11-27(20)32-28)16-26(23)31(25)18-13-14-22-21-9-3-6-12-29(21)33-30(22)15-18/h1-22H;3*1-17H. The van der Waals surface area contributed by atoms with Gasteiger partial charge in [0.15, 0.2) is 0 Å². The molecule has 12 aromatic heterocycles. The zero-order valence-corrected chi connectivity index (χ0v) is 75.4. The molecule has 21 aromatic carbocycles. The Morgan fingerprint density at radius 3 is 0.862 bits per heavy atom. The van der Waals surface area contributed by atoms with Gasteiger partial charge < -0.3 is 44.9 Å². The summed E-state index contributed by atoms with van der Waals surface area (Å²) >= 11 is 3.72. The fourth-order valence-electron chi connectivity index (χ4n) is 22.4. The number of rotatable bonds is 5. The van der Waals surface area contributed by atoms with Crippen molar-refractivity contribution in [3.05, 3.63) is 443 Å². The Labute approximate surface area is 792 Å². The summed E-state index contributed by atoms with van der Waals surface area (Å²) in [5.74, 6) is 0. The molecule has 0 atom stereocenters. The highest BCUT2D eigenvalue weighted by Gasteiger charge is 2.26. The van der Waals surface area contributed by atoms with E-state index in [0.717, 1.165) is 127 Å². The van der Waals surface area contributed by atoms with Gasteiger partial charge in [0, 0.05) is 177 Å². The van der Waals surface area contributed by atoms with Crippen LogP contribution in [-0.4, -0.2) is 22.8 Å². The molecule has 0 unspecified atom stereocenters. The summed E-state index contributed by atoms with van der Waals surface area (Å²) in [7, 11) is 0. The first-order valence-corrected chi connectivity index (χ1v) is 48.3. The Kier molecular flexibility index (Phi) is 16.5. The summed E-state index contributed by atoms with van der Waals surface area (Å²) in [5.41, 5.74) is 26.9. The van der Waals surface area contributed by atoms with Crippen molar-refractivity contribution >= 4 is 282 Å². The van der Waals surface area contributed by atoms with Gasteiger partial charge in [0.25, 0.3) is 0 Å². The highest BCUT2D eigenvalue weighted by molar-refractivity contribution is 7.26. The van der Waals surface area contributed by atoms with Gasteiger partial charge in [-0.1, -0.05) is 249 Å². The van der Waals surface area contributed by atoms with Gasteiger partial charge >= 0.3 is 0 Å². The van der Waals surface area contributed by atoms with E-state index < -0.39 is 0 Å². The van der Waals surface area contributed by atoms with E-state index in [1.807, 2.05) is 83.3 Å². The summed E-state index contributed by atoms with van der Waals surface area (Å²) < 4.78 is 48.4.